The van der Waals surface area contributed by atoms with Gasteiger partial charge < -0.3 is 15.4 Å². The molecule has 1 atom stereocenters. The maximum atomic E-state index is 12.6. The normalized spacial score (nSPS) is 12.3. The van der Waals surface area contributed by atoms with E-state index in [0.29, 0.717) is 29.6 Å². The van der Waals surface area contributed by atoms with E-state index in [1.54, 1.807) is 12.1 Å². The van der Waals surface area contributed by atoms with Crippen molar-refractivity contribution in [3.8, 4) is 17.0 Å². The third kappa shape index (κ3) is 6.87. The number of hydrogen-bond donors (Lipinski definition) is 2. The molecule has 2 N–H and O–H groups in total. The first-order chi connectivity index (χ1) is 14.7. The molecule has 1 aromatic heterocycles. The summed E-state index contributed by atoms with van der Waals surface area (Å²) in [6.07, 6.45) is -3.89. The van der Waals surface area contributed by atoms with Gasteiger partial charge in [0.1, 0.15) is 11.6 Å². The van der Waals surface area contributed by atoms with E-state index in [9.17, 15) is 13.2 Å². The zero-order valence-electron chi connectivity index (χ0n) is 17.6. The second-order valence-electron chi connectivity index (χ2n) is 7.33. The first-order valence-corrected chi connectivity index (χ1v) is 10.0. The van der Waals surface area contributed by atoms with Crippen LogP contribution in [0.4, 0.5) is 24.9 Å². The summed E-state index contributed by atoms with van der Waals surface area (Å²) >= 11 is 0. The predicted octanol–water partition coefficient (Wildman–Crippen LogP) is 6.17. The van der Waals surface area contributed by atoms with Gasteiger partial charge in [-0.25, -0.2) is 4.98 Å². The van der Waals surface area contributed by atoms with E-state index in [2.05, 4.69) is 25.3 Å². The quantitative estimate of drug-likeness (QED) is 0.447. The molecule has 2 aromatic carbocycles. The number of aryl methyl sites for hydroxylation is 1. The van der Waals surface area contributed by atoms with Crippen molar-refractivity contribution in [2.45, 2.75) is 46.1 Å². The summed E-state index contributed by atoms with van der Waals surface area (Å²) < 4.78 is 41.9. The zero-order valence-corrected chi connectivity index (χ0v) is 17.6. The molecule has 0 saturated heterocycles. The van der Waals surface area contributed by atoms with Gasteiger partial charge in [0.25, 0.3) is 0 Å². The van der Waals surface area contributed by atoms with Crippen molar-refractivity contribution in [3.63, 3.8) is 0 Å². The number of anilines is 2. The maximum Gasteiger partial charge on any atom is 0.573 e. The van der Waals surface area contributed by atoms with Crippen LogP contribution in [0.2, 0.25) is 0 Å². The van der Waals surface area contributed by atoms with Crippen molar-refractivity contribution < 1.29 is 17.9 Å². The molecule has 0 bridgehead atoms. The number of ether oxygens (including phenoxy) is 1. The van der Waals surface area contributed by atoms with Gasteiger partial charge in [-0.1, -0.05) is 48.9 Å². The Hall–Kier alpha value is -3.29. The lowest BCUT2D eigenvalue weighted by molar-refractivity contribution is -0.274. The van der Waals surface area contributed by atoms with E-state index in [0.717, 1.165) is 12.0 Å². The molecule has 5 nitrogen and oxygen atoms in total. The summed E-state index contributed by atoms with van der Waals surface area (Å²) in [4.78, 5) is 9.01. The van der Waals surface area contributed by atoms with Crippen molar-refractivity contribution in [1.29, 1.82) is 0 Å². The maximum absolute atomic E-state index is 12.6. The Bertz CT molecular complexity index is 1010. The summed E-state index contributed by atoms with van der Waals surface area (Å²) in [5.74, 6) is 0.674. The summed E-state index contributed by atoms with van der Waals surface area (Å²) in [5.41, 5.74) is 3.24. The molecule has 0 aliphatic carbocycles. The molecule has 0 unspecified atom stereocenters. The topological polar surface area (TPSA) is 59.1 Å². The highest BCUT2D eigenvalue weighted by Gasteiger charge is 2.31. The Morgan fingerprint density at radius 3 is 2.45 bits per heavy atom. The lowest BCUT2D eigenvalue weighted by Gasteiger charge is -2.15. The first kappa shape index (κ1) is 22.4. The minimum atomic E-state index is -4.76. The molecule has 0 saturated carbocycles. The summed E-state index contributed by atoms with van der Waals surface area (Å²) in [7, 11) is 0. The summed E-state index contributed by atoms with van der Waals surface area (Å²) in [6.45, 7) is 6.62. The fraction of sp³-hybridized carbons (Fsp3) is 0.304. The Labute approximate surface area is 179 Å². The number of alkyl halides is 3. The minimum absolute atomic E-state index is 0.139. The molecule has 0 aliphatic rings. The predicted molar refractivity (Wildman–Crippen MR) is 116 cm³/mol. The molecule has 0 amide bonds. The highest BCUT2D eigenvalue weighted by molar-refractivity contribution is 5.66. The van der Waals surface area contributed by atoms with E-state index < -0.39 is 6.36 Å². The highest BCUT2D eigenvalue weighted by Crippen LogP contribution is 2.29. The lowest BCUT2D eigenvalue weighted by atomic mass is 10.1. The van der Waals surface area contributed by atoms with Crippen LogP contribution >= 0.6 is 0 Å². The average Bonchev–Trinajstić information content (AvgIpc) is 2.72. The van der Waals surface area contributed by atoms with Crippen molar-refractivity contribution in [2.75, 3.05) is 10.6 Å². The first-order valence-electron chi connectivity index (χ1n) is 10.0. The van der Waals surface area contributed by atoms with Gasteiger partial charge in [0.2, 0.25) is 5.95 Å². The van der Waals surface area contributed by atoms with E-state index in [4.69, 9.17) is 0 Å². The van der Waals surface area contributed by atoms with Crippen LogP contribution in [-0.2, 0) is 6.54 Å². The van der Waals surface area contributed by atoms with Crippen LogP contribution in [0.5, 0.6) is 5.75 Å². The Morgan fingerprint density at radius 2 is 1.77 bits per heavy atom. The number of rotatable bonds is 8. The molecule has 3 aromatic rings. The van der Waals surface area contributed by atoms with Gasteiger partial charge >= 0.3 is 6.36 Å². The molecule has 164 valence electrons. The summed E-state index contributed by atoms with van der Waals surface area (Å²) in [6, 6.07) is 15.7. The molecule has 8 heteroatoms. The molecule has 31 heavy (non-hydrogen) atoms. The van der Waals surface area contributed by atoms with Crippen LogP contribution in [0, 0.1) is 6.92 Å². The number of halogens is 3. The van der Waals surface area contributed by atoms with E-state index in [1.165, 1.54) is 23.8 Å². The lowest BCUT2D eigenvalue weighted by Crippen LogP contribution is -2.17. The minimum Gasteiger partial charge on any atom is -0.406 e. The van der Waals surface area contributed by atoms with Gasteiger partial charge in [0.05, 0.1) is 5.69 Å². The Morgan fingerprint density at radius 1 is 1.03 bits per heavy atom. The Balaban J connectivity index is 1.89. The fourth-order valence-electron chi connectivity index (χ4n) is 2.82. The van der Waals surface area contributed by atoms with Crippen molar-refractivity contribution in [2.24, 2.45) is 0 Å². The SMILES string of the molecule is CC[C@H](C)Nc1nc(NCc2ccc(C)cc2)cc(-c2cccc(OC(F)(F)F)c2)n1. The van der Waals surface area contributed by atoms with E-state index >= 15 is 0 Å². The van der Waals surface area contributed by atoms with Crippen molar-refractivity contribution >= 4 is 11.8 Å². The second-order valence-corrected chi connectivity index (χ2v) is 7.33. The van der Waals surface area contributed by atoms with Crippen LogP contribution in [0.25, 0.3) is 11.3 Å². The van der Waals surface area contributed by atoms with Crippen LogP contribution < -0.4 is 15.4 Å². The fourth-order valence-corrected chi connectivity index (χ4v) is 2.82. The molecular formula is C23H25F3N4O. The number of aromatic nitrogens is 2. The van der Waals surface area contributed by atoms with Crippen molar-refractivity contribution in [3.05, 3.63) is 65.7 Å². The van der Waals surface area contributed by atoms with Crippen LogP contribution in [0.15, 0.2) is 54.6 Å². The van der Waals surface area contributed by atoms with E-state index in [1.807, 2.05) is 45.0 Å². The number of nitrogens with one attached hydrogen (secondary N) is 2. The van der Waals surface area contributed by atoms with Crippen LogP contribution in [-0.4, -0.2) is 22.4 Å². The van der Waals surface area contributed by atoms with Crippen LogP contribution in [0.3, 0.4) is 0 Å². The number of hydrogen-bond acceptors (Lipinski definition) is 5. The molecule has 0 aliphatic heterocycles. The van der Waals surface area contributed by atoms with Gasteiger partial charge in [0, 0.05) is 24.2 Å². The summed E-state index contributed by atoms with van der Waals surface area (Å²) in [5, 5.41) is 6.50. The third-order valence-electron chi connectivity index (χ3n) is 4.67. The molecule has 0 fully saturated rings. The molecular weight excluding hydrogens is 405 g/mol. The van der Waals surface area contributed by atoms with Gasteiger partial charge in [-0.2, -0.15) is 4.98 Å². The van der Waals surface area contributed by atoms with E-state index in [-0.39, 0.29) is 11.8 Å². The third-order valence-corrected chi connectivity index (χ3v) is 4.67. The number of benzene rings is 2. The molecule has 0 radical (unpaired) electrons. The smallest absolute Gasteiger partial charge is 0.406 e. The largest absolute Gasteiger partial charge is 0.573 e. The average molecular weight is 430 g/mol. The molecule has 1 heterocycles. The van der Waals surface area contributed by atoms with Crippen LogP contribution in [0.1, 0.15) is 31.4 Å². The second kappa shape index (κ2) is 9.68. The molecule has 3 rings (SSSR count). The zero-order chi connectivity index (χ0) is 22.4. The number of nitrogens with zero attached hydrogens (tertiary/aromatic N) is 2. The molecule has 0 spiro atoms. The van der Waals surface area contributed by atoms with Gasteiger partial charge in [-0.3, -0.25) is 0 Å². The monoisotopic (exact) mass is 430 g/mol. The van der Waals surface area contributed by atoms with Gasteiger partial charge in [0.15, 0.2) is 0 Å². The standard InChI is InChI=1S/C23H25F3N4O/c1-4-16(3)28-22-29-20(18-6-5-7-19(12-18)31-23(24,25)26)13-21(30-22)27-14-17-10-8-15(2)9-11-17/h5-13,16H,4,14H2,1-3H3,(H2,27,28,29,30)/t16-/m0/s1. The Kier molecular flexibility index (Phi) is 6.99. The van der Waals surface area contributed by atoms with Crippen molar-refractivity contribution in [1.82, 2.24) is 9.97 Å². The van der Waals surface area contributed by atoms with Gasteiger partial charge in [-0.05, 0) is 38.0 Å². The van der Waals surface area contributed by atoms with Gasteiger partial charge in [-0.15, -0.1) is 13.2 Å². The highest BCUT2D eigenvalue weighted by atomic mass is 19.4.